The van der Waals surface area contributed by atoms with Gasteiger partial charge in [0.1, 0.15) is 11.5 Å². The molecule has 1 aromatic carbocycles. The van der Waals surface area contributed by atoms with Crippen LogP contribution in [0.25, 0.3) is 0 Å². The van der Waals surface area contributed by atoms with Crippen LogP contribution in [-0.4, -0.2) is 67.4 Å². The smallest absolute Gasteiger partial charge is 0.410 e. The molecule has 9 heteroatoms. The minimum atomic E-state index is -0.400. The number of morpholine rings is 1. The van der Waals surface area contributed by atoms with E-state index in [0.29, 0.717) is 31.1 Å². The number of fused-ring (bicyclic) bond motifs is 1. The molecule has 0 spiro atoms. The van der Waals surface area contributed by atoms with E-state index in [1.165, 1.54) is 24.6 Å². The highest BCUT2D eigenvalue weighted by molar-refractivity contribution is 7.17. The summed E-state index contributed by atoms with van der Waals surface area (Å²) in [5, 5.41) is 0.719. The van der Waals surface area contributed by atoms with Crippen LogP contribution >= 0.6 is 11.3 Å². The lowest BCUT2D eigenvalue weighted by atomic mass is 10.1. The summed E-state index contributed by atoms with van der Waals surface area (Å²) in [4.78, 5) is 32.9. The number of carbonyl (C=O) groups excluding carboxylic acids is 2. The third kappa shape index (κ3) is 3.81. The number of aromatic nitrogens is 1. The van der Waals surface area contributed by atoms with E-state index in [1.54, 1.807) is 4.90 Å². The molecule has 2 aliphatic rings. The average molecular weight is 403 g/mol. The summed E-state index contributed by atoms with van der Waals surface area (Å²) in [6, 6.07) is 9.50. The van der Waals surface area contributed by atoms with Gasteiger partial charge in [0.15, 0.2) is 5.13 Å². The number of esters is 1. The molecular formula is C19H21N3O5S. The van der Waals surface area contributed by atoms with Gasteiger partial charge < -0.3 is 19.1 Å². The second-order valence-corrected chi connectivity index (χ2v) is 7.62. The maximum Gasteiger partial charge on any atom is 0.410 e. The van der Waals surface area contributed by atoms with E-state index >= 15 is 0 Å². The Bertz CT molecular complexity index is 843. The largest absolute Gasteiger partial charge is 0.465 e. The molecule has 0 aliphatic carbocycles. The molecule has 4 rings (SSSR count). The zero-order valence-corrected chi connectivity index (χ0v) is 16.3. The molecule has 0 radical (unpaired) electrons. The fraction of sp³-hybridized carbons (Fsp3) is 0.421. The monoisotopic (exact) mass is 403 g/mol. The Balaban J connectivity index is 1.40. The molecule has 8 nitrogen and oxygen atoms in total. The maximum absolute atomic E-state index is 12.6. The van der Waals surface area contributed by atoms with Gasteiger partial charge in [0, 0.05) is 19.6 Å². The highest BCUT2D eigenvalue weighted by Gasteiger charge is 2.43. The van der Waals surface area contributed by atoms with Crippen molar-refractivity contribution in [1.29, 1.82) is 0 Å². The molecule has 2 fully saturated rings. The molecule has 0 bridgehead atoms. The Labute approximate surface area is 166 Å². The average Bonchev–Trinajstić information content (AvgIpc) is 3.39. The van der Waals surface area contributed by atoms with Gasteiger partial charge >= 0.3 is 12.1 Å². The number of thiazole rings is 1. The van der Waals surface area contributed by atoms with Crippen LogP contribution in [0.1, 0.15) is 15.2 Å². The number of nitrogens with zero attached hydrogens (tertiary/aromatic N) is 3. The lowest BCUT2D eigenvalue weighted by molar-refractivity contribution is -0.0441. The highest BCUT2D eigenvalue weighted by Crippen LogP contribution is 2.31. The van der Waals surface area contributed by atoms with E-state index in [9.17, 15) is 9.59 Å². The Morgan fingerprint density at radius 3 is 2.89 bits per heavy atom. The number of hydrogen-bond donors (Lipinski definition) is 0. The van der Waals surface area contributed by atoms with Gasteiger partial charge in [0.25, 0.3) is 0 Å². The van der Waals surface area contributed by atoms with Crippen LogP contribution < -0.4 is 4.90 Å². The summed E-state index contributed by atoms with van der Waals surface area (Å²) >= 11 is 1.28. The standard InChI is InChI=1S/C19H21N3O5S/c1-25-17(23)16-9-20-18(28-16)21-10-14-15(11-21)26-8-7-22(14)19(24)27-12-13-5-3-2-4-6-13/h2-6,9,14-15H,7-8,10-12H2,1H3. The Morgan fingerprint density at radius 2 is 2.11 bits per heavy atom. The minimum Gasteiger partial charge on any atom is -0.465 e. The van der Waals surface area contributed by atoms with Gasteiger partial charge in [-0.15, -0.1) is 0 Å². The van der Waals surface area contributed by atoms with Crippen LogP contribution in [0.5, 0.6) is 0 Å². The van der Waals surface area contributed by atoms with Gasteiger partial charge in [-0.1, -0.05) is 41.7 Å². The van der Waals surface area contributed by atoms with E-state index in [2.05, 4.69) is 4.98 Å². The summed E-state index contributed by atoms with van der Waals surface area (Å²) in [6.07, 6.45) is 1.07. The predicted octanol–water partition coefficient (Wildman–Crippen LogP) is 2.16. The first kappa shape index (κ1) is 18.7. The van der Waals surface area contributed by atoms with Crippen molar-refractivity contribution in [2.75, 3.05) is 38.3 Å². The molecule has 2 atom stereocenters. The number of rotatable bonds is 4. The summed E-state index contributed by atoms with van der Waals surface area (Å²) in [7, 11) is 1.35. The molecule has 3 heterocycles. The lowest BCUT2D eigenvalue weighted by Crippen LogP contribution is -2.53. The van der Waals surface area contributed by atoms with Gasteiger partial charge in [-0.3, -0.25) is 4.90 Å². The van der Waals surface area contributed by atoms with Gasteiger partial charge in [-0.2, -0.15) is 0 Å². The summed E-state index contributed by atoms with van der Waals surface area (Å²) in [5.74, 6) is -0.400. The molecule has 2 unspecified atom stereocenters. The van der Waals surface area contributed by atoms with Crippen LogP contribution in [-0.2, 0) is 20.8 Å². The Hall–Kier alpha value is -2.65. The van der Waals surface area contributed by atoms with Crippen LogP contribution in [0.15, 0.2) is 36.5 Å². The van der Waals surface area contributed by atoms with Gasteiger partial charge in [-0.25, -0.2) is 14.6 Å². The van der Waals surface area contributed by atoms with Crippen molar-refractivity contribution < 1.29 is 23.8 Å². The third-order valence-electron chi connectivity index (χ3n) is 4.89. The fourth-order valence-electron chi connectivity index (χ4n) is 3.48. The molecule has 2 saturated heterocycles. The highest BCUT2D eigenvalue weighted by atomic mass is 32.1. The molecule has 1 aromatic heterocycles. The molecule has 2 aliphatic heterocycles. The summed E-state index contributed by atoms with van der Waals surface area (Å²) < 4.78 is 16.1. The lowest BCUT2D eigenvalue weighted by Gasteiger charge is -2.35. The SMILES string of the molecule is COC(=O)c1cnc(N2CC3OCCN(C(=O)OCc4ccccc4)C3C2)s1. The van der Waals surface area contributed by atoms with Gasteiger partial charge in [0.05, 0.1) is 32.1 Å². The number of ether oxygens (including phenoxy) is 3. The van der Waals surface area contributed by atoms with Crippen molar-refractivity contribution in [3.63, 3.8) is 0 Å². The number of methoxy groups -OCH3 is 1. The first-order valence-corrected chi connectivity index (χ1v) is 9.85. The summed E-state index contributed by atoms with van der Waals surface area (Å²) in [6.45, 7) is 2.40. The predicted molar refractivity (Wildman–Crippen MR) is 103 cm³/mol. The molecular weight excluding hydrogens is 382 g/mol. The fourth-order valence-corrected chi connectivity index (χ4v) is 4.33. The number of amides is 1. The van der Waals surface area contributed by atoms with E-state index in [0.717, 1.165) is 10.7 Å². The van der Waals surface area contributed by atoms with Gasteiger partial charge in [0.2, 0.25) is 0 Å². The number of hydrogen-bond acceptors (Lipinski definition) is 8. The molecule has 2 aromatic rings. The first-order valence-electron chi connectivity index (χ1n) is 9.03. The molecule has 1 amide bonds. The molecule has 0 N–H and O–H groups in total. The van der Waals surface area contributed by atoms with Crippen molar-refractivity contribution in [2.45, 2.75) is 18.8 Å². The summed E-state index contributed by atoms with van der Waals surface area (Å²) in [5.41, 5.74) is 0.951. The molecule has 148 valence electrons. The minimum absolute atomic E-state index is 0.108. The van der Waals surface area contributed by atoms with Crippen LogP contribution in [0.3, 0.4) is 0 Å². The van der Waals surface area contributed by atoms with E-state index in [-0.39, 0.29) is 24.8 Å². The van der Waals surface area contributed by atoms with Crippen LogP contribution in [0.2, 0.25) is 0 Å². The first-order chi connectivity index (χ1) is 13.7. The van der Waals surface area contributed by atoms with Crippen molar-refractivity contribution in [3.05, 3.63) is 47.0 Å². The molecule has 0 saturated carbocycles. The number of benzene rings is 1. The van der Waals surface area contributed by atoms with E-state index in [4.69, 9.17) is 14.2 Å². The molecule has 28 heavy (non-hydrogen) atoms. The van der Waals surface area contributed by atoms with Crippen molar-refractivity contribution in [2.24, 2.45) is 0 Å². The normalized spacial score (nSPS) is 21.3. The topological polar surface area (TPSA) is 81.2 Å². The van der Waals surface area contributed by atoms with Gasteiger partial charge in [-0.05, 0) is 5.56 Å². The number of anilines is 1. The van der Waals surface area contributed by atoms with Crippen molar-refractivity contribution in [3.8, 4) is 0 Å². The number of carbonyl (C=O) groups is 2. The van der Waals surface area contributed by atoms with E-state index < -0.39 is 5.97 Å². The zero-order chi connectivity index (χ0) is 19.5. The van der Waals surface area contributed by atoms with Crippen LogP contribution in [0.4, 0.5) is 9.93 Å². The van der Waals surface area contributed by atoms with Crippen molar-refractivity contribution in [1.82, 2.24) is 9.88 Å². The van der Waals surface area contributed by atoms with Crippen molar-refractivity contribution >= 4 is 28.5 Å². The second-order valence-electron chi connectivity index (χ2n) is 6.61. The quantitative estimate of drug-likeness (QED) is 0.724. The third-order valence-corrected chi connectivity index (χ3v) is 5.93. The maximum atomic E-state index is 12.6. The Morgan fingerprint density at radius 1 is 1.29 bits per heavy atom. The Kier molecular flexibility index (Phi) is 5.45. The van der Waals surface area contributed by atoms with E-state index in [1.807, 2.05) is 35.2 Å². The zero-order valence-electron chi connectivity index (χ0n) is 15.4. The van der Waals surface area contributed by atoms with Crippen LogP contribution in [0, 0.1) is 0 Å². The second kappa shape index (κ2) is 8.15.